The summed E-state index contributed by atoms with van der Waals surface area (Å²) in [6.07, 6.45) is 5.02. The Morgan fingerprint density at radius 3 is 2.79 bits per heavy atom. The molecule has 0 heterocycles. The highest BCUT2D eigenvalue weighted by Crippen LogP contribution is 2.48. The average molecular weight is 196 g/mol. The monoisotopic (exact) mass is 196 g/mol. The molecule has 2 saturated carbocycles. The molecule has 2 fully saturated rings. The van der Waals surface area contributed by atoms with Crippen molar-refractivity contribution >= 4 is 5.91 Å². The molecule has 2 bridgehead atoms. The Bertz CT molecular complexity index is 229. The van der Waals surface area contributed by atoms with Gasteiger partial charge in [0.15, 0.2) is 0 Å². The molecular weight excluding hydrogens is 176 g/mol. The highest BCUT2D eigenvalue weighted by Gasteiger charge is 2.43. The van der Waals surface area contributed by atoms with Gasteiger partial charge in [0.1, 0.15) is 0 Å². The van der Waals surface area contributed by atoms with Crippen LogP contribution < -0.4 is 11.1 Å². The van der Waals surface area contributed by atoms with Crippen LogP contribution in [0.4, 0.5) is 0 Å². The van der Waals surface area contributed by atoms with Gasteiger partial charge in [0.05, 0.1) is 0 Å². The van der Waals surface area contributed by atoms with Crippen molar-refractivity contribution in [3.8, 4) is 0 Å². The van der Waals surface area contributed by atoms with Gasteiger partial charge in [-0.05, 0) is 38.0 Å². The van der Waals surface area contributed by atoms with Crippen LogP contribution in [0.3, 0.4) is 0 Å². The zero-order valence-corrected chi connectivity index (χ0v) is 8.83. The van der Waals surface area contributed by atoms with E-state index < -0.39 is 0 Å². The maximum absolute atomic E-state index is 11.8. The van der Waals surface area contributed by atoms with E-state index in [9.17, 15) is 4.79 Å². The zero-order chi connectivity index (χ0) is 10.1. The third-order valence-electron chi connectivity index (χ3n) is 3.82. The van der Waals surface area contributed by atoms with E-state index in [1.165, 1.54) is 19.3 Å². The fourth-order valence-corrected chi connectivity index (χ4v) is 2.97. The zero-order valence-electron chi connectivity index (χ0n) is 8.83. The topological polar surface area (TPSA) is 55.1 Å². The number of hydrogen-bond acceptors (Lipinski definition) is 2. The molecule has 1 amide bonds. The summed E-state index contributed by atoms with van der Waals surface area (Å²) in [6, 6.07) is 0.127. The van der Waals surface area contributed by atoms with E-state index >= 15 is 0 Å². The van der Waals surface area contributed by atoms with Gasteiger partial charge in [-0.25, -0.2) is 0 Å². The third-order valence-corrected chi connectivity index (χ3v) is 3.82. The van der Waals surface area contributed by atoms with Crippen LogP contribution in [0, 0.1) is 17.8 Å². The fourth-order valence-electron chi connectivity index (χ4n) is 2.97. The molecule has 3 N–H and O–H groups in total. The van der Waals surface area contributed by atoms with E-state index in [0.29, 0.717) is 18.4 Å². The number of carbonyl (C=O) groups excluding carboxylic acids is 1. The van der Waals surface area contributed by atoms with Gasteiger partial charge in [-0.1, -0.05) is 6.42 Å². The number of amides is 1. The van der Waals surface area contributed by atoms with Crippen molar-refractivity contribution in [1.82, 2.24) is 5.32 Å². The van der Waals surface area contributed by atoms with Gasteiger partial charge in [-0.15, -0.1) is 0 Å². The molecule has 2 rings (SSSR count). The van der Waals surface area contributed by atoms with Crippen LogP contribution in [0.5, 0.6) is 0 Å². The standard InChI is InChI=1S/C11H20N2O/c1-7(6-12)13-11(14)10-5-8-2-3-9(10)4-8/h7-10H,2-6,12H2,1H3,(H,13,14)/t7-,8?,9?,10?/m1/s1. The van der Waals surface area contributed by atoms with Gasteiger partial charge in [0.25, 0.3) is 0 Å². The van der Waals surface area contributed by atoms with E-state index in [2.05, 4.69) is 5.32 Å². The predicted octanol–water partition coefficient (Wildman–Crippen LogP) is 0.886. The first kappa shape index (κ1) is 9.97. The highest BCUT2D eigenvalue weighted by molar-refractivity contribution is 5.79. The lowest BCUT2D eigenvalue weighted by Gasteiger charge is -2.22. The largest absolute Gasteiger partial charge is 0.352 e. The molecule has 3 heteroatoms. The quantitative estimate of drug-likeness (QED) is 0.704. The number of nitrogens with one attached hydrogen (secondary N) is 1. The lowest BCUT2D eigenvalue weighted by atomic mass is 9.88. The van der Waals surface area contributed by atoms with Gasteiger partial charge in [-0.2, -0.15) is 0 Å². The van der Waals surface area contributed by atoms with Crippen LogP contribution in [0.1, 0.15) is 32.6 Å². The molecular formula is C11H20N2O. The van der Waals surface area contributed by atoms with E-state index in [0.717, 1.165) is 12.3 Å². The molecule has 3 nitrogen and oxygen atoms in total. The smallest absolute Gasteiger partial charge is 0.223 e. The summed E-state index contributed by atoms with van der Waals surface area (Å²) in [7, 11) is 0. The summed E-state index contributed by atoms with van der Waals surface area (Å²) < 4.78 is 0. The molecule has 0 aromatic carbocycles. The maximum Gasteiger partial charge on any atom is 0.223 e. The van der Waals surface area contributed by atoms with Crippen molar-refractivity contribution in [3.05, 3.63) is 0 Å². The number of rotatable bonds is 3. The van der Waals surface area contributed by atoms with E-state index in [1.807, 2.05) is 6.92 Å². The summed E-state index contributed by atoms with van der Waals surface area (Å²) in [5.41, 5.74) is 5.48. The van der Waals surface area contributed by atoms with Gasteiger partial charge in [0, 0.05) is 18.5 Å². The first-order valence-corrected chi connectivity index (χ1v) is 5.71. The Kier molecular flexibility index (Phi) is 2.77. The lowest BCUT2D eigenvalue weighted by Crippen LogP contribution is -2.42. The van der Waals surface area contributed by atoms with Crippen molar-refractivity contribution in [2.24, 2.45) is 23.5 Å². The molecule has 4 atom stereocenters. The predicted molar refractivity (Wildman–Crippen MR) is 55.6 cm³/mol. The van der Waals surface area contributed by atoms with Crippen molar-refractivity contribution < 1.29 is 4.79 Å². The average Bonchev–Trinajstić information content (AvgIpc) is 2.78. The maximum atomic E-state index is 11.8. The van der Waals surface area contributed by atoms with Gasteiger partial charge in [0.2, 0.25) is 5.91 Å². The first-order valence-electron chi connectivity index (χ1n) is 5.71. The molecule has 0 spiro atoms. The molecule has 14 heavy (non-hydrogen) atoms. The van der Waals surface area contributed by atoms with Crippen LogP contribution in [0.2, 0.25) is 0 Å². The van der Waals surface area contributed by atoms with Gasteiger partial charge in [-0.3, -0.25) is 4.79 Å². The second-order valence-corrected chi connectivity index (χ2v) is 4.93. The second kappa shape index (κ2) is 3.89. The number of carbonyl (C=O) groups is 1. The molecule has 0 aliphatic heterocycles. The molecule has 0 aromatic heterocycles. The molecule has 0 radical (unpaired) electrons. The Morgan fingerprint density at radius 2 is 2.29 bits per heavy atom. The SMILES string of the molecule is C[C@H](CN)NC(=O)C1CC2CCC1C2. The Morgan fingerprint density at radius 1 is 1.50 bits per heavy atom. The Labute approximate surface area is 85.4 Å². The molecule has 2 aliphatic rings. The van der Waals surface area contributed by atoms with E-state index in [-0.39, 0.29) is 11.9 Å². The fraction of sp³-hybridized carbons (Fsp3) is 0.909. The number of fused-ring (bicyclic) bond motifs is 2. The van der Waals surface area contributed by atoms with Crippen LogP contribution >= 0.6 is 0 Å². The van der Waals surface area contributed by atoms with Crippen molar-refractivity contribution in [3.63, 3.8) is 0 Å². The van der Waals surface area contributed by atoms with Gasteiger partial charge < -0.3 is 11.1 Å². The molecule has 0 saturated heterocycles. The summed E-state index contributed by atoms with van der Waals surface area (Å²) in [5, 5.41) is 2.99. The van der Waals surface area contributed by atoms with Crippen molar-refractivity contribution in [2.45, 2.75) is 38.6 Å². The molecule has 80 valence electrons. The van der Waals surface area contributed by atoms with Crippen LogP contribution in [-0.2, 0) is 4.79 Å². The third kappa shape index (κ3) is 1.78. The normalized spacial score (nSPS) is 37.1. The summed E-state index contributed by atoms with van der Waals surface area (Å²) in [6.45, 7) is 2.50. The Hall–Kier alpha value is -0.570. The van der Waals surface area contributed by atoms with E-state index in [1.54, 1.807) is 0 Å². The highest BCUT2D eigenvalue weighted by atomic mass is 16.2. The van der Waals surface area contributed by atoms with Crippen LogP contribution in [0.15, 0.2) is 0 Å². The van der Waals surface area contributed by atoms with E-state index in [4.69, 9.17) is 5.73 Å². The van der Waals surface area contributed by atoms with Crippen molar-refractivity contribution in [1.29, 1.82) is 0 Å². The molecule has 2 aliphatic carbocycles. The second-order valence-electron chi connectivity index (χ2n) is 4.93. The van der Waals surface area contributed by atoms with Crippen LogP contribution in [-0.4, -0.2) is 18.5 Å². The minimum atomic E-state index is 0.127. The van der Waals surface area contributed by atoms with Crippen molar-refractivity contribution in [2.75, 3.05) is 6.54 Å². The summed E-state index contributed by atoms with van der Waals surface area (Å²) in [4.78, 5) is 11.8. The summed E-state index contributed by atoms with van der Waals surface area (Å²) >= 11 is 0. The minimum Gasteiger partial charge on any atom is -0.352 e. The number of nitrogens with two attached hydrogens (primary N) is 1. The van der Waals surface area contributed by atoms with Gasteiger partial charge >= 0.3 is 0 Å². The van der Waals surface area contributed by atoms with Crippen LogP contribution in [0.25, 0.3) is 0 Å². The Balaban J connectivity index is 1.87. The number of hydrogen-bond donors (Lipinski definition) is 2. The molecule has 0 aromatic rings. The lowest BCUT2D eigenvalue weighted by molar-refractivity contribution is -0.127. The first-order chi connectivity index (χ1) is 6.70. The molecule has 3 unspecified atom stereocenters. The summed E-state index contributed by atoms with van der Waals surface area (Å²) in [5.74, 6) is 2.05. The minimum absolute atomic E-state index is 0.127.